The molecule has 1 unspecified atom stereocenters. The first-order valence-corrected chi connectivity index (χ1v) is 7.99. The molecule has 0 amide bonds. The Morgan fingerprint density at radius 1 is 1.55 bits per heavy atom. The third-order valence-corrected chi connectivity index (χ3v) is 4.60. The molecule has 0 bridgehead atoms. The highest BCUT2D eigenvalue weighted by atomic mass is 32.1. The molecule has 1 atom stereocenters. The van der Waals surface area contributed by atoms with Gasteiger partial charge in [-0.05, 0) is 33.7 Å². The fourth-order valence-electron chi connectivity index (χ4n) is 2.09. The molecule has 2 N–H and O–H groups in total. The summed E-state index contributed by atoms with van der Waals surface area (Å²) in [7, 11) is 4.01. The molecule has 2 rings (SSSR count). The Labute approximate surface area is 125 Å². The van der Waals surface area contributed by atoms with E-state index in [4.69, 9.17) is 0 Å². The first kappa shape index (κ1) is 15.3. The van der Waals surface area contributed by atoms with Crippen LogP contribution in [-0.2, 0) is 6.54 Å². The smallest absolute Gasteiger partial charge is 0.191 e. The number of aromatic nitrogens is 1. The zero-order valence-corrected chi connectivity index (χ0v) is 13.6. The van der Waals surface area contributed by atoms with Gasteiger partial charge in [0.25, 0.3) is 0 Å². The van der Waals surface area contributed by atoms with Crippen molar-refractivity contribution < 1.29 is 0 Å². The van der Waals surface area contributed by atoms with Crippen LogP contribution in [-0.4, -0.2) is 48.6 Å². The van der Waals surface area contributed by atoms with Gasteiger partial charge in [-0.25, -0.2) is 4.98 Å². The minimum absolute atomic E-state index is 0.517. The average Bonchev–Trinajstić information content (AvgIpc) is 3.21. The molecule has 1 saturated carbocycles. The predicted molar refractivity (Wildman–Crippen MR) is 85.3 cm³/mol. The quantitative estimate of drug-likeness (QED) is 0.618. The Morgan fingerprint density at radius 2 is 2.30 bits per heavy atom. The topological polar surface area (TPSA) is 52.6 Å². The summed E-state index contributed by atoms with van der Waals surface area (Å²) < 4.78 is 0. The normalized spacial score (nSPS) is 17.4. The number of aliphatic imine (C=N–C) groups is 1. The predicted octanol–water partition coefficient (Wildman–Crippen LogP) is 1.60. The van der Waals surface area contributed by atoms with Gasteiger partial charge in [0, 0.05) is 36.8 Å². The van der Waals surface area contributed by atoms with Crippen LogP contribution >= 0.6 is 11.3 Å². The van der Waals surface area contributed by atoms with Crippen molar-refractivity contribution in [1.82, 2.24) is 20.5 Å². The number of nitrogens with one attached hydrogen (secondary N) is 2. The molecule has 1 aliphatic carbocycles. The van der Waals surface area contributed by atoms with Crippen molar-refractivity contribution in [3.05, 3.63) is 16.1 Å². The summed E-state index contributed by atoms with van der Waals surface area (Å²) in [5.74, 6) is 0.842. The summed E-state index contributed by atoms with van der Waals surface area (Å²) in [6, 6.07) is 1.31. The van der Waals surface area contributed by atoms with Gasteiger partial charge in [0.1, 0.15) is 5.01 Å². The third kappa shape index (κ3) is 4.45. The molecule has 1 aliphatic rings. The SMILES string of the molecule is CN=C(NCc1ncc(C)s1)NCC(C)N(C)C1CC1. The Balaban J connectivity index is 1.72. The van der Waals surface area contributed by atoms with E-state index in [1.807, 2.05) is 6.20 Å². The molecule has 112 valence electrons. The van der Waals surface area contributed by atoms with E-state index in [9.17, 15) is 0 Å². The summed E-state index contributed by atoms with van der Waals surface area (Å²) >= 11 is 1.72. The minimum Gasteiger partial charge on any atom is -0.355 e. The van der Waals surface area contributed by atoms with Gasteiger partial charge in [0.2, 0.25) is 0 Å². The third-order valence-electron chi connectivity index (χ3n) is 3.68. The lowest BCUT2D eigenvalue weighted by molar-refractivity contribution is 0.247. The van der Waals surface area contributed by atoms with Gasteiger partial charge < -0.3 is 10.6 Å². The number of nitrogens with zero attached hydrogens (tertiary/aromatic N) is 3. The van der Waals surface area contributed by atoms with Crippen molar-refractivity contribution in [1.29, 1.82) is 0 Å². The molecule has 5 nitrogen and oxygen atoms in total. The van der Waals surface area contributed by atoms with Crippen molar-refractivity contribution in [2.24, 2.45) is 4.99 Å². The summed E-state index contributed by atoms with van der Waals surface area (Å²) in [4.78, 5) is 12.3. The molecule has 20 heavy (non-hydrogen) atoms. The van der Waals surface area contributed by atoms with Gasteiger partial charge in [0.05, 0.1) is 6.54 Å². The molecule has 0 aromatic carbocycles. The molecule has 6 heteroatoms. The average molecular weight is 295 g/mol. The highest BCUT2D eigenvalue weighted by Crippen LogP contribution is 2.26. The highest BCUT2D eigenvalue weighted by molar-refractivity contribution is 7.11. The standard InChI is InChI=1S/C14H25N5S/c1-10(19(4)12-5-6-12)7-17-14(15-3)18-9-13-16-8-11(2)20-13/h8,10,12H,5-7,9H2,1-4H3,(H2,15,17,18). The molecule has 0 aliphatic heterocycles. The molecule has 1 heterocycles. The minimum atomic E-state index is 0.517. The molecule has 0 saturated heterocycles. The lowest BCUT2D eigenvalue weighted by atomic mass is 10.3. The second-order valence-electron chi connectivity index (χ2n) is 5.42. The molecule has 0 spiro atoms. The Morgan fingerprint density at radius 3 is 2.85 bits per heavy atom. The Kier molecular flexibility index (Phi) is 5.37. The number of likely N-dealkylation sites (N-methyl/N-ethyl adjacent to an activating group) is 1. The number of hydrogen-bond acceptors (Lipinski definition) is 4. The van der Waals surface area contributed by atoms with Gasteiger partial charge >= 0.3 is 0 Å². The van der Waals surface area contributed by atoms with Crippen LogP contribution in [0.5, 0.6) is 0 Å². The van der Waals surface area contributed by atoms with Gasteiger partial charge in [-0.2, -0.15) is 0 Å². The number of guanidine groups is 1. The van der Waals surface area contributed by atoms with Crippen LogP contribution in [0.2, 0.25) is 0 Å². The maximum atomic E-state index is 4.34. The fraction of sp³-hybridized carbons (Fsp3) is 0.714. The van der Waals surface area contributed by atoms with E-state index in [-0.39, 0.29) is 0 Å². The zero-order valence-electron chi connectivity index (χ0n) is 12.8. The van der Waals surface area contributed by atoms with Crippen molar-refractivity contribution >= 4 is 17.3 Å². The fourth-order valence-corrected chi connectivity index (χ4v) is 2.82. The molecule has 1 aromatic rings. The van der Waals surface area contributed by atoms with Gasteiger partial charge in [-0.15, -0.1) is 11.3 Å². The molecular weight excluding hydrogens is 270 g/mol. The van der Waals surface area contributed by atoms with E-state index in [2.05, 4.69) is 46.4 Å². The van der Waals surface area contributed by atoms with Crippen molar-refractivity contribution in [3.63, 3.8) is 0 Å². The highest BCUT2D eigenvalue weighted by Gasteiger charge is 2.28. The summed E-state index contributed by atoms with van der Waals surface area (Å²) in [5.41, 5.74) is 0. The summed E-state index contributed by atoms with van der Waals surface area (Å²) in [6.45, 7) is 5.96. The van der Waals surface area contributed by atoms with Gasteiger partial charge in [0.15, 0.2) is 5.96 Å². The monoisotopic (exact) mass is 295 g/mol. The van der Waals surface area contributed by atoms with Crippen molar-refractivity contribution in [2.75, 3.05) is 20.6 Å². The van der Waals surface area contributed by atoms with Gasteiger partial charge in [-0.3, -0.25) is 9.89 Å². The van der Waals surface area contributed by atoms with E-state index < -0.39 is 0 Å². The Hall–Kier alpha value is -1.14. The van der Waals surface area contributed by atoms with Crippen LogP contribution in [0.3, 0.4) is 0 Å². The van der Waals surface area contributed by atoms with Crippen molar-refractivity contribution in [2.45, 2.75) is 45.3 Å². The number of rotatable bonds is 6. The molecule has 1 fully saturated rings. The number of hydrogen-bond donors (Lipinski definition) is 2. The lowest BCUT2D eigenvalue weighted by Crippen LogP contribution is -2.45. The summed E-state index contributed by atoms with van der Waals surface area (Å²) in [5, 5.41) is 7.78. The van der Waals surface area contributed by atoms with E-state index in [0.717, 1.165) is 30.1 Å². The van der Waals surface area contributed by atoms with E-state index in [1.165, 1.54) is 17.7 Å². The zero-order chi connectivity index (χ0) is 14.5. The number of thiazole rings is 1. The maximum absolute atomic E-state index is 4.34. The van der Waals surface area contributed by atoms with E-state index in [1.54, 1.807) is 18.4 Å². The molecular formula is C14H25N5S. The Bertz CT molecular complexity index is 452. The van der Waals surface area contributed by atoms with Crippen LogP contribution in [0.1, 0.15) is 29.7 Å². The second kappa shape index (κ2) is 7.04. The lowest BCUT2D eigenvalue weighted by Gasteiger charge is -2.25. The molecule has 0 radical (unpaired) electrons. The first-order valence-electron chi connectivity index (χ1n) is 7.18. The maximum Gasteiger partial charge on any atom is 0.191 e. The van der Waals surface area contributed by atoms with Crippen LogP contribution in [0.15, 0.2) is 11.2 Å². The van der Waals surface area contributed by atoms with E-state index in [0.29, 0.717) is 6.04 Å². The van der Waals surface area contributed by atoms with Crippen LogP contribution < -0.4 is 10.6 Å². The molecule has 1 aromatic heterocycles. The summed E-state index contributed by atoms with van der Waals surface area (Å²) in [6.07, 6.45) is 4.60. The van der Waals surface area contributed by atoms with Crippen LogP contribution in [0.25, 0.3) is 0 Å². The van der Waals surface area contributed by atoms with Crippen LogP contribution in [0, 0.1) is 6.92 Å². The second-order valence-corrected chi connectivity index (χ2v) is 6.74. The van der Waals surface area contributed by atoms with Crippen LogP contribution in [0.4, 0.5) is 0 Å². The van der Waals surface area contributed by atoms with E-state index >= 15 is 0 Å². The van der Waals surface area contributed by atoms with Gasteiger partial charge in [-0.1, -0.05) is 0 Å². The number of aryl methyl sites for hydroxylation is 1. The largest absolute Gasteiger partial charge is 0.355 e. The first-order chi connectivity index (χ1) is 9.60. The van der Waals surface area contributed by atoms with Crippen molar-refractivity contribution in [3.8, 4) is 0 Å².